The first-order chi connectivity index (χ1) is 15.0. The third-order valence-electron chi connectivity index (χ3n) is 6.39. The topological polar surface area (TPSA) is 54.4 Å². The standard InChI is InChI=1S/C24H40N6O.HI/c1-5-25-24(26-13-12-21-8-10-22(11-9-21)27(3)4)30-18-16-28(17-19-30)20(2)23(31)29-14-6-7-15-29;/h8-11,20H,5-7,12-19H2,1-4H3,(H,25,26);1H. The van der Waals surface area contributed by atoms with Gasteiger partial charge in [-0.25, -0.2) is 0 Å². The highest BCUT2D eigenvalue weighted by Gasteiger charge is 2.30. The number of halogens is 1. The number of likely N-dealkylation sites (tertiary alicyclic amines) is 1. The van der Waals surface area contributed by atoms with E-state index in [1.165, 1.54) is 11.3 Å². The van der Waals surface area contributed by atoms with Crippen LogP contribution in [0.1, 0.15) is 32.3 Å². The van der Waals surface area contributed by atoms with Crippen molar-refractivity contribution in [3.63, 3.8) is 0 Å². The second-order valence-electron chi connectivity index (χ2n) is 8.78. The molecule has 1 aromatic carbocycles. The van der Waals surface area contributed by atoms with Gasteiger partial charge in [0, 0.05) is 72.1 Å². The fraction of sp³-hybridized carbons (Fsp3) is 0.667. The zero-order valence-corrected chi connectivity index (χ0v) is 22.5. The molecule has 180 valence electrons. The number of amides is 1. The average Bonchev–Trinajstić information content (AvgIpc) is 3.33. The van der Waals surface area contributed by atoms with Crippen LogP contribution in [0.3, 0.4) is 0 Å². The maximum absolute atomic E-state index is 12.7. The predicted molar refractivity (Wildman–Crippen MR) is 144 cm³/mol. The summed E-state index contributed by atoms with van der Waals surface area (Å²) in [5, 5.41) is 3.45. The largest absolute Gasteiger partial charge is 0.378 e. The number of carbonyl (C=O) groups is 1. The molecule has 2 fully saturated rings. The van der Waals surface area contributed by atoms with Crippen molar-refractivity contribution in [1.29, 1.82) is 0 Å². The minimum Gasteiger partial charge on any atom is -0.378 e. The van der Waals surface area contributed by atoms with Gasteiger partial charge in [-0.1, -0.05) is 12.1 Å². The molecule has 0 radical (unpaired) electrons. The van der Waals surface area contributed by atoms with Gasteiger partial charge in [0.05, 0.1) is 6.04 Å². The first kappa shape index (κ1) is 26.7. The predicted octanol–water partition coefficient (Wildman–Crippen LogP) is 2.51. The van der Waals surface area contributed by atoms with Gasteiger partial charge in [0.2, 0.25) is 5.91 Å². The summed E-state index contributed by atoms with van der Waals surface area (Å²) >= 11 is 0. The first-order valence-corrected chi connectivity index (χ1v) is 11.8. The smallest absolute Gasteiger partial charge is 0.239 e. The van der Waals surface area contributed by atoms with Gasteiger partial charge in [0.25, 0.3) is 0 Å². The molecule has 1 N–H and O–H groups in total. The van der Waals surface area contributed by atoms with E-state index in [4.69, 9.17) is 4.99 Å². The van der Waals surface area contributed by atoms with Crippen LogP contribution in [-0.4, -0.2) is 99.1 Å². The lowest BCUT2D eigenvalue weighted by atomic mass is 10.1. The van der Waals surface area contributed by atoms with E-state index in [-0.39, 0.29) is 30.0 Å². The van der Waals surface area contributed by atoms with Crippen molar-refractivity contribution in [2.45, 2.75) is 39.2 Å². The number of carbonyl (C=O) groups excluding carboxylic acids is 1. The summed E-state index contributed by atoms with van der Waals surface area (Å²) in [7, 11) is 4.12. The van der Waals surface area contributed by atoms with Crippen LogP contribution in [0.15, 0.2) is 29.3 Å². The highest BCUT2D eigenvalue weighted by molar-refractivity contribution is 14.0. The lowest BCUT2D eigenvalue weighted by Gasteiger charge is -2.39. The molecular formula is C24H41IN6O. The Hall–Kier alpha value is -1.55. The highest BCUT2D eigenvalue weighted by Crippen LogP contribution is 2.15. The molecule has 3 rings (SSSR count). The summed E-state index contributed by atoms with van der Waals surface area (Å²) in [6.07, 6.45) is 3.23. The molecule has 1 unspecified atom stereocenters. The third kappa shape index (κ3) is 7.23. The lowest BCUT2D eigenvalue weighted by molar-refractivity contribution is -0.135. The van der Waals surface area contributed by atoms with Gasteiger partial charge >= 0.3 is 0 Å². The van der Waals surface area contributed by atoms with E-state index in [1.807, 2.05) is 4.90 Å². The Balaban J connectivity index is 0.00000363. The quantitative estimate of drug-likeness (QED) is 0.318. The number of anilines is 1. The third-order valence-corrected chi connectivity index (χ3v) is 6.39. The van der Waals surface area contributed by atoms with Crippen LogP contribution in [0.2, 0.25) is 0 Å². The Morgan fingerprint density at radius 3 is 2.22 bits per heavy atom. The summed E-state index contributed by atoms with van der Waals surface area (Å²) in [5.41, 5.74) is 2.53. The summed E-state index contributed by atoms with van der Waals surface area (Å²) in [5.74, 6) is 1.29. The molecule has 2 heterocycles. The molecule has 0 bridgehead atoms. The van der Waals surface area contributed by atoms with Crippen LogP contribution in [0.25, 0.3) is 0 Å². The van der Waals surface area contributed by atoms with Crippen molar-refractivity contribution in [1.82, 2.24) is 20.0 Å². The van der Waals surface area contributed by atoms with Crippen LogP contribution in [0, 0.1) is 0 Å². The second-order valence-corrected chi connectivity index (χ2v) is 8.78. The summed E-state index contributed by atoms with van der Waals surface area (Å²) in [6.45, 7) is 11.3. The summed E-state index contributed by atoms with van der Waals surface area (Å²) in [4.78, 5) is 26.4. The Labute approximate surface area is 211 Å². The molecule has 32 heavy (non-hydrogen) atoms. The molecule has 1 amide bonds. The fourth-order valence-electron chi connectivity index (χ4n) is 4.36. The molecule has 0 aliphatic carbocycles. The Kier molecular flexibility index (Phi) is 11.0. The van der Waals surface area contributed by atoms with E-state index >= 15 is 0 Å². The van der Waals surface area contributed by atoms with E-state index < -0.39 is 0 Å². The molecule has 1 atom stereocenters. The van der Waals surface area contributed by atoms with Crippen molar-refractivity contribution >= 4 is 41.5 Å². The van der Waals surface area contributed by atoms with Crippen molar-refractivity contribution in [2.24, 2.45) is 4.99 Å². The molecule has 0 aromatic heterocycles. The molecule has 0 saturated carbocycles. The van der Waals surface area contributed by atoms with Crippen LogP contribution in [0.5, 0.6) is 0 Å². The molecule has 8 heteroatoms. The van der Waals surface area contributed by atoms with Gasteiger partial charge < -0.3 is 20.0 Å². The second kappa shape index (κ2) is 13.2. The van der Waals surface area contributed by atoms with Gasteiger partial charge in [-0.2, -0.15) is 0 Å². The number of benzene rings is 1. The molecule has 1 aromatic rings. The Morgan fingerprint density at radius 1 is 1.03 bits per heavy atom. The molecule has 2 aliphatic rings. The maximum atomic E-state index is 12.7. The summed E-state index contributed by atoms with van der Waals surface area (Å²) < 4.78 is 0. The Morgan fingerprint density at radius 2 is 1.66 bits per heavy atom. The lowest BCUT2D eigenvalue weighted by Crippen LogP contribution is -2.57. The number of aliphatic imine (C=N–C) groups is 1. The molecule has 0 spiro atoms. The molecule has 2 saturated heterocycles. The van der Waals surface area contributed by atoms with Gasteiger partial charge in [0.1, 0.15) is 0 Å². The maximum Gasteiger partial charge on any atom is 0.239 e. The van der Waals surface area contributed by atoms with Crippen LogP contribution in [-0.2, 0) is 11.2 Å². The van der Waals surface area contributed by atoms with E-state index in [0.717, 1.165) is 77.6 Å². The number of nitrogens with zero attached hydrogens (tertiary/aromatic N) is 5. The normalized spacial score (nSPS) is 18.3. The van der Waals surface area contributed by atoms with E-state index in [1.54, 1.807) is 0 Å². The zero-order chi connectivity index (χ0) is 22.2. The van der Waals surface area contributed by atoms with E-state index in [0.29, 0.717) is 5.91 Å². The Bertz CT molecular complexity index is 725. The van der Waals surface area contributed by atoms with Gasteiger partial charge in [0.15, 0.2) is 5.96 Å². The number of rotatable bonds is 7. The molecule has 7 nitrogen and oxygen atoms in total. The number of nitrogens with one attached hydrogen (secondary N) is 1. The molecule has 2 aliphatic heterocycles. The van der Waals surface area contributed by atoms with Crippen LogP contribution < -0.4 is 10.2 Å². The van der Waals surface area contributed by atoms with Gasteiger partial charge in [-0.15, -0.1) is 24.0 Å². The first-order valence-electron chi connectivity index (χ1n) is 11.8. The average molecular weight is 557 g/mol. The number of guanidine groups is 1. The molecular weight excluding hydrogens is 515 g/mol. The van der Waals surface area contributed by atoms with E-state index in [2.05, 4.69) is 72.2 Å². The number of hydrogen-bond acceptors (Lipinski definition) is 4. The summed E-state index contributed by atoms with van der Waals surface area (Å²) in [6, 6.07) is 8.68. The van der Waals surface area contributed by atoms with Crippen molar-refractivity contribution < 1.29 is 4.79 Å². The zero-order valence-electron chi connectivity index (χ0n) is 20.2. The minimum atomic E-state index is -0.0232. The highest BCUT2D eigenvalue weighted by atomic mass is 127. The monoisotopic (exact) mass is 556 g/mol. The van der Waals surface area contributed by atoms with E-state index in [9.17, 15) is 4.79 Å². The SMILES string of the molecule is CCNC(=NCCc1ccc(N(C)C)cc1)N1CCN(C(C)C(=O)N2CCCC2)CC1.I. The van der Waals surface area contributed by atoms with Gasteiger partial charge in [-0.05, 0) is 50.8 Å². The van der Waals surface area contributed by atoms with Crippen molar-refractivity contribution in [3.8, 4) is 0 Å². The minimum absolute atomic E-state index is 0. The number of hydrogen-bond donors (Lipinski definition) is 1. The van der Waals surface area contributed by atoms with Crippen LogP contribution >= 0.6 is 24.0 Å². The van der Waals surface area contributed by atoms with Gasteiger partial charge in [-0.3, -0.25) is 14.7 Å². The number of piperazine rings is 1. The van der Waals surface area contributed by atoms with Crippen molar-refractivity contribution in [3.05, 3.63) is 29.8 Å². The van der Waals surface area contributed by atoms with Crippen molar-refractivity contribution in [2.75, 3.05) is 71.4 Å². The van der Waals surface area contributed by atoms with Crippen LogP contribution in [0.4, 0.5) is 5.69 Å². The fourth-order valence-corrected chi connectivity index (χ4v) is 4.36.